The molecule has 390 valence electrons. The number of aromatic nitrogens is 2. The molecule has 30 nitrogen and oxygen atoms in total. The molecule has 9 amide bonds. The second-order valence-electron chi connectivity index (χ2n) is 15.5. The van der Waals surface area contributed by atoms with Gasteiger partial charge < -0.3 is 58.3 Å². The van der Waals surface area contributed by atoms with Crippen molar-refractivity contribution in [1.29, 1.82) is 0 Å². The maximum Gasteiger partial charge on any atom is 0.340 e. The van der Waals surface area contributed by atoms with Gasteiger partial charge in [0.15, 0.2) is 6.04 Å². The second kappa shape index (κ2) is 28.8. The number of primary amides is 1. The second-order valence-corrected chi connectivity index (χ2v) is 16.8. The van der Waals surface area contributed by atoms with Gasteiger partial charge in [0.25, 0.3) is 0 Å². The first-order valence-corrected chi connectivity index (χ1v) is 21.7. The molecule has 1 saturated heterocycles. The number of amides is 9. The number of hydrogen-bond acceptors (Lipinski definition) is 19. The number of carbonyl (C=O) groups excluding carboxylic acids is 8. The Hall–Kier alpha value is -5.54. The molecule has 69 heavy (non-hydrogen) atoms. The monoisotopic (exact) mass is 1050 g/mol. The molecule has 0 bridgehead atoms. The molecule has 0 unspecified atom stereocenters. The topological polar surface area (TPSA) is 465 Å². The molecule has 1 aliphatic heterocycles. The van der Waals surface area contributed by atoms with Crippen LogP contribution in [-0.2, 0) is 62.5 Å². The largest absolute Gasteiger partial charge is 0.480 e. The van der Waals surface area contributed by atoms with E-state index in [0.29, 0.717) is 27.0 Å². The van der Waals surface area contributed by atoms with Crippen LogP contribution in [0.3, 0.4) is 0 Å². The quantitative estimate of drug-likeness (QED) is 0.0246. The zero-order valence-electron chi connectivity index (χ0n) is 37.8. The Morgan fingerprint density at radius 2 is 1.19 bits per heavy atom. The molecule has 10 atom stereocenters. The first kappa shape index (κ1) is 61.5. The van der Waals surface area contributed by atoms with Crippen LogP contribution in [0.4, 0.5) is 4.79 Å². The third kappa shape index (κ3) is 18.4. The van der Waals surface area contributed by atoms with E-state index >= 15 is 0 Å². The zero-order chi connectivity index (χ0) is 51.7. The predicted molar refractivity (Wildman–Crippen MR) is 229 cm³/mol. The van der Waals surface area contributed by atoms with Crippen LogP contribution in [-0.4, -0.2) is 199 Å². The molecule has 0 aromatic carbocycles. The fraction of sp³-hybridized carbons (Fsp3) is 0.649. The van der Waals surface area contributed by atoms with E-state index in [-0.39, 0.29) is 74.3 Å². The van der Waals surface area contributed by atoms with Crippen molar-refractivity contribution >= 4 is 65.1 Å². The molecule has 32 heteroatoms. The summed E-state index contributed by atoms with van der Waals surface area (Å²) in [7, 11) is 1.21. The van der Waals surface area contributed by atoms with Gasteiger partial charge in [0.1, 0.15) is 35.1 Å². The summed E-state index contributed by atoms with van der Waals surface area (Å²) < 4.78 is 1.78. The number of aliphatic carboxylic acids is 1. The van der Waals surface area contributed by atoms with Gasteiger partial charge in [-0.2, -0.15) is 4.99 Å². The first-order chi connectivity index (χ1) is 31.7. The van der Waals surface area contributed by atoms with Gasteiger partial charge in [-0.3, -0.25) is 58.3 Å². The van der Waals surface area contributed by atoms with E-state index in [9.17, 15) is 89.1 Å². The number of carbonyl (C=O) groups is 9. The Morgan fingerprint density at radius 3 is 1.62 bits per heavy atom. The number of rotatable bonds is 25. The number of hydrogen-bond donors (Lipinski definition) is 14. The van der Waals surface area contributed by atoms with Crippen LogP contribution in [0.25, 0.3) is 0 Å². The summed E-state index contributed by atoms with van der Waals surface area (Å²) in [5, 5.41) is 89.5. The summed E-state index contributed by atoms with van der Waals surface area (Å²) in [4.78, 5) is 129. The average molecular weight is 1050 g/mol. The van der Waals surface area contributed by atoms with Crippen LogP contribution in [0, 0.1) is 0 Å². The van der Waals surface area contributed by atoms with E-state index in [1.54, 1.807) is 0 Å². The summed E-state index contributed by atoms with van der Waals surface area (Å²) in [6.45, 7) is 1.07. The third-order valence-electron chi connectivity index (χ3n) is 10.4. The van der Waals surface area contributed by atoms with E-state index in [4.69, 9.17) is 11.5 Å². The minimum atomic E-state index is -2.31. The predicted octanol–water partition coefficient (Wildman–Crippen LogP) is -6.74. The molecule has 1 aromatic rings. The van der Waals surface area contributed by atoms with Crippen LogP contribution < -0.4 is 43.9 Å². The number of aliphatic hydroxyl groups excluding tert-OH is 4. The summed E-state index contributed by atoms with van der Waals surface area (Å²) in [5.74, 6) is -8.71. The Morgan fingerprint density at radius 1 is 0.754 bits per heavy atom. The van der Waals surface area contributed by atoms with Gasteiger partial charge in [-0.15, -0.1) is 11.8 Å². The van der Waals surface area contributed by atoms with Crippen LogP contribution in [0.2, 0.25) is 0 Å². The number of nitrogens with one attached hydrogen (secondary N) is 4. The fourth-order valence-electron chi connectivity index (χ4n) is 6.46. The zero-order valence-corrected chi connectivity index (χ0v) is 39.7. The van der Waals surface area contributed by atoms with Crippen molar-refractivity contribution < 1.29 is 101 Å². The van der Waals surface area contributed by atoms with E-state index < -0.39 is 131 Å². The molecule has 1 aliphatic rings. The number of hydroxylamine groups is 6. The van der Waals surface area contributed by atoms with Gasteiger partial charge in [0.2, 0.25) is 41.4 Å². The van der Waals surface area contributed by atoms with Gasteiger partial charge in [0, 0.05) is 70.7 Å². The molecule has 0 spiro atoms. The van der Waals surface area contributed by atoms with E-state index in [1.807, 2.05) is 5.32 Å². The van der Waals surface area contributed by atoms with Crippen molar-refractivity contribution in [1.82, 2.24) is 45.6 Å². The van der Waals surface area contributed by atoms with Crippen molar-refractivity contribution in [3.05, 3.63) is 28.2 Å². The number of aliphatic hydroxyl groups is 4. The van der Waals surface area contributed by atoms with Gasteiger partial charge in [-0.1, -0.05) is 0 Å². The summed E-state index contributed by atoms with van der Waals surface area (Å²) in [6.07, 6.45) is -5.91. The Kier molecular flexibility index (Phi) is 25.7. The molecule has 0 saturated carbocycles. The minimum absolute atomic E-state index is 0. The average Bonchev–Trinajstić information content (AvgIpc) is 3.56. The Labute approximate surface area is 407 Å². The number of nitrogens with two attached hydrogens (primary N) is 2. The smallest absolute Gasteiger partial charge is 0.340 e. The molecule has 1 aromatic heterocycles. The Bertz CT molecular complexity index is 2130. The minimum Gasteiger partial charge on any atom is -0.480 e. The van der Waals surface area contributed by atoms with Gasteiger partial charge >= 0.3 is 17.7 Å². The summed E-state index contributed by atoms with van der Waals surface area (Å²) >= 11 is 0.545. The standard InChI is InChI=1S/C37H60N12O18S.Fe/c1-17(51)47(65)12-5-8-20(38)30(57)40-21(9-6-13-48(66)18(2)52)31(58)41-22(10-7-14-49(67)19(3)53)32(59)42-23(16-50)33(60)44-25(35(61)62)26(54)29-27(55)28(56)34(68-29)46-15-11-24(43-36(39)63)45(4)37(46)64;/h11,15,20-23,25-29,34,50,54-56,65-67H,5-10,12-14,16,38H2,1-4H3,(H2,39,63)(H,40,57)(H,41,58)(H,42,59)(H,44,60)(H,61,62);/b43-24+;/t20-,21-,22-,23-,25+,26-,27+,28+,29+,34+;/m0./s1. The van der Waals surface area contributed by atoms with Crippen LogP contribution in [0.1, 0.15) is 64.7 Å². The molecular formula is C37H60FeN12O18S. The molecule has 2 rings (SSSR count). The van der Waals surface area contributed by atoms with Crippen molar-refractivity contribution in [2.45, 2.75) is 118 Å². The molecule has 0 radical (unpaired) electrons. The van der Waals surface area contributed by atoms with E-state index in [0.717, 1.165) is 36.1 Å². The van der Waals surface area contributed by atoms with Crippen LogP contribution in [0.5, 0.6) is 0 Å². The number of carboxylic acid groups (broad SMARTS) is 1. The number of carboxylic acids is 1. The SMILES string of the molecule is CC(=O)N(O)CCC[C@H](NC(=O)[C@H](CCCN(O)C(C)=O)NC(=O)[C@@H](N)CCCN(O)C(C)=O)C(=O)N[C@@H](CO)C(=O)N[C@@H](C(=O)O)[C@H](O)[C@H]1S[C@@H](n2cc/c(=N\C(N)=O)n(C)c2=O)[C@H](O)[C@H]1O.[Fe]. The molecule has 1 fully saturated rings. The maximum atomic E-state index is 13.8. The number of nitrogens with zero attached hydrogens (tertiary/aromatic N) is 6. The molecule has 16 N–H and O–H groups in total. The first-order valence-electron chi connectivity index (χ1n) is 20.8. The summed E-state index contributed by atoms with van der Waals surface area (Å²) in [5.41, 5.74) is 9.99. The number of urea groups is 1. The van der Waals surface area contributed by atoms with Crippen LogP contribution >= 0.6 is 11.8 Å². The molecule has 2 heterocycles. The van der Waals surface area contributed by atoms with Crippen molar-refractivity contribution in [3.63, 3.8) is 0 Å². The van der Waals surface area contributed by atoms with Gasteiger partial charge in [0.05, 0.1) is 30.1 Å². The molecule has 0 aliphatic carbocycles. The van der Waals surface area contributed by atoms with E-state index in [1.165, 1.54) is 13.1 Å². The van der Waals surface area contributed by atoms with Gasteiger partial charge in [-0.25, -0.2) is 29.6 Å². The normalized spacial score (nSPS) is 19.3. The van der Waals surface area contributed by atoms with Crippen molar-refractivity contribution in [3.8, 4) is 0 Å². The van der Waals surface area contributed by atoms with Gasteiger partial charge in [-0.05, 0) is 44.6 Å². The van der Waals surface area contributed by atoms with Crippen molar-refractivity contribution in [2.24, 2.45) is 23.5 Å². The van der Waals surface area contributed by atoms with Crippen LogP contribution in [0.15, 0.2) is 22.1 Å². The number of thioether (sulfide) groups is 1. The fourth-order valence-corrected chi connectivity index (χ4v) is 8.03. The van der Waals surface area contributed by atoms with E-state index in [2.05, 4.69) is 20.9 Å². The maximum absolute atomic E-state index is 13.8. The Balaban J connectivity index is 0.0000238. The van der Waals surface area contributed by atoms with Crippen molar-refractivity contribution in [2.75, 3.05) is 26.2 Å². The molecular weight excluding hydrogens is 988 g/mol. The summed E-state index contributed by atoms with van der Waals surface area (Å²) in [6, 6.07) is -8.79. The third-order valence-corrected chi connectivity index (χ3v) is 12.0.